The van der Waals surface area contributed by atoms with Gasteiger partial charge in [0.25, 0.3) is 0 Å². The highest BCUT2D eigenvalue weighted by Crippen LogP contribution is 2.40. The Morgan fingerprint density at radius 2 is 1.75 bits per heavy atom. The molecule has 2 N–H and O–H groups in total. The van der Waals surface area contributed by atoms with Crippen LogP contribution in [0.2, 0.25) is 0 Å². The normalized spacial score (nSPS) is 20.8. The summed E-state index contributed by atoms with van der Waals surface area (Å²) in [5.74, 6) is -2.42. The molecule has 2 fully saturated rings. The fourth-order valence-corrected chi connectivity index (χ4v) is 3.53. The van der Waals surface area contributed by atoms with Crippen LogP contribution in [0, 0.1) is 17.6 Å². The van der Waals surface area contributed by atoms with Crippen molar-refractivity contribution in [1.82, 2.24) is 10.2 Å². The van der Waals surface area contributed by atoms with Gasteiger partial charge in [0.05, 0.1) is 0 Å². The number of piperazine rings is 1. The molecule has 138 valence electrons. The molecule has 0 amide bonds. The van der Waals surface area contributed by atoms with Gasteiger partial charge in [-0.1, -0.05) is 6.07 Å². The Morgan fingerprint density at radius 1 is 1.12 bits per heavy atom. The molecule has 4 nitrogen and oxygen atoms in total. The Labute approximate surface area is 153 Å². The summed E-state index contributed by atoms with van der Waals surface area (Å²) in [4.78, 5) is 2.26. The number of nitrogens with one attached hydrogen (secondary N) is 1. The number of hydrogen-bond acceptors (Lipinski definition) is 4. The molecule has 0 aliphatic carbocycles. The molecule has 2 heterocycles. The lowest BCUT2D eigenvalue weighted by Crippen LogP contribution is -2.47. The van der Waals surface area contributed by atoms with Gasteiger partial charge >= 0.3 is 0 Å². The monoisotopic (exact) mass is 384 g/mol. The molecule has 0 spiro atoms. The minimum absolute atomic E-state index is 0. The average Bonchev–Trinajstić information content (AvgIpc) is 2.57. The zero-order valence-corrected chi connectivity index (χ0v) is 15.0. The molecule has 8 heteroatoms. The molecule has 0 aromatic heterocycles. The quantitative estimate of drug-likeness (QED) is 0.840. The number of phenolic OH excluding ortho intramolecular Hbond substituents is 1. The van der Waals surface area contributed by atoms with Crippen molar-refractivity contribution >= 4 is 24.8 Å². The van der Waals surface area contributed by atoms with Crippen molar-refractivity contribution in [2.24, 2.45) is 5.92 Å². The van der Waals surface area contributed by atoms with Gasteiger partial charge in [0.1, 0.15) is 0 Å². The summed E-state index contributed by atoms with van der Waals surface area (Å²) >= 11 is 0. The maximum absolute atomic E-state index is 13.8. The predicted octanol–water partition coefficient (Wildman–Crippen LogP) is 2.89. The number of hydrogen-bond donors (Lipinski definition) is 2. The van der Waals surface area contributed by atoms with Crippen LogP contribution in [-0.2, 0) is 4.74 Å². The summed E-state index contributed by atoms with van der Waals surface area (Å²) in [5, 5.41) is 13.4. The number of halogens is 4. The van der Waals surface area contributed by atoms with Crippen LogP contribution in [0.15, 0.2) is 12.1 Å². The molecule has 2 aliphatic heterocycles. The summed E-state index contributed by atoms with van der Waals surface area (Å²) < 4.78 is 32.6. The number of benzene rings is 1. The number of phenols is 1. The van der Waals surface area contributed by atoms with E-state index in [1.54, 1.807) is 0 Å². The van der Waals surface area contributed by atoms with Crippen molar-refractivity contribution < 1.29 is 18.6 Å². The number of nitrogens with zero attached hydrogens (tertiary/aromatic N) is 1. The lowest BCUT2D eigenvalue weighted by atomic mass is 9.85. The van der Waals surface area contributed by atoms with E-state index in [1.807, 2.05) is 0 Å². The first kappa shape index (κ1) is 21.4. The molecule has 1 atom stereocenters. The number of rotatable bonds is 3. The van der Waals surface area contributed by atoms with Crippen molar-refractivity contribution in [3.63, 3.8) is 0 Å². The third-order valence-electron chi connectivity index (χ3n) is 4.68. The fraction of sp³-hybridized carbons (Fsp3) is 0.625. The van der Waals surface area contributed by atoms with E-state index in [0.717, 1.165) is 45.1 Å². The molecule has 0 bridgehead atoms. The molecule has 24 heavy (non-hydrogen) atoms. The van der Waals surface area contributed by atoms with Crippen LogP contribution in [0.5, 0.6) is 5.75 Å². The van der Waals surface area contributed by atoms with Gasteiger partial charge in [-0.25, -0.2) is 4.39 Å². The Bertz CT molecular complexity index is 507. The van der Waals surface area contributed by atoms with E-state index >= 15 is 0 Å². The molecular weight excluding hydrogens is 361 g/mol. The molecule has 2 aliphatic rings. The molecule has 0 unspecified atom stereocenters. The third-order valence-corrected chi connectivity index (χ3v) is 4.68. The highest BCUT2D eigenvalue weighted by atomic mass is 35.5. The second-order valence-corrected chi connectivity index (χ2v) is 5.98. The largest absolute Gasteiger partial charge is 0.505 e. The molecule has 1 aromatic carbocycles. The van der Waals surface area contributed by atoms with Gasteiger partial charge in [0, 0.05) is 51.0 Å². The Kier molecular flexibility index (Phi) is 8.67. The van der Waals surface area contributed by atoms with Gasteiger partial charge in [0.15, 0.2) is 11.6 Å². The fourth-order valence-electron chi connectivity index (χ4n) is 3.53. The Balaban J connectivity index is 0.00000144. The second kappa shape index (κ2) is 9.73. The van der Waals surface area contributed by atoms with E-state index in [-0.39, 0.29) is 36.8 Å². The van der Waals surface area contributed by atoms with Crippen LogP contribution < -0.4 is 5.32 Å². The Morgan fingerprint density at radius 3 is 2.38 bits per heavy atom. The van der Waals surface area contributed by atoms with Crippen molar-refractivity contribution in [2.45, 2.75) is 18.9 Å². The Hall–Kier alpha value is -0.660. The van der Waals surface area contributed by atoms with E-state index in [4.69, 9.17) is 4.74 Å². The van der Waals surface area contributed by atoms with Gasteiger partial charge < -0.3 is 15.2 Å². The van der Waals surface area contributed by atoms with E-state index in [0.29, 0.717) is 18.8 Å². The highest BCUT2D eigenvalue weighted by Gasteiger charge is 2.34. The lowest BCUT2D eigenvalue weighted by Gasteiger charge is -2.41. The van der Waals surface area contributed by atoms with Crippen LogP contribution in [-0.4, -0.2) is 49.4 Å². The van der Waals surface area contributed by atoms with E-state index in [9.17, 15) is 13.9 Å². The van der Waals surface area contributed by atoms with Crippen molar-refractivity contribution in [1.29, 1.82) is 0 Å². The van der Waals surface area contributed by atoms with Crippen LogP contribution >= 0.6 is 24.8 Å². The van der Waals surface area contributed by atoms with Crippen molar-refractivity contribution in [3.8, 4) is 5.75 Å². The zero-order chi connectivity index (χ0) is 15.5. The summed E-state index contributed by atoms with van der Waals surface area (Å²) in [6.07, 6.45) is 1.74. The summed E-state index contributed by atoms with van der Waals surface area (Å²) in [6.45, 7) is 4.75. The first-order valence-corrected chi connectivity index (χ1v) is 7.88. The number of ether oxygens (including phenoxy) is 1. The summed E-state index contributed by atoms with van der Waals surface area (Å²) in [7, 11) is 0. The number of aromatic hydroxyl groups is 1. The standard InChI is InChI=1S/C16H22F2N2O2.2ClH/c17-13-2-1-12(16(21)14(13)18)15(11-3-9-22-10-4-11)20-7-5-19-6-8-20;;/h1-2,11,15,19,21H,3-10H2;2*1H/t15-;;/m1../s1. The zero-order valence-electron chi connectivity index (χ0n) is 13.3. The minimum atomic E-state index is -1.15. The van der Waals surface area contributed by atoms with Gasteiger partial charge in [-0.05, 0) is 24.8 Å². The molecule has 0 saturated carbocycles. The molecule has 2 saturated heterocycles. The van der Waals surface area contributed by atoms with Crippen LogP contribution in [0.3, 0.4) is 0 Å². The predicted molar refractivity (Wildman–Crippen MR) is 93.2 cm³/mol. The average molecular weight is 385 g/mol. The summed E-state index contributed by atoms with van der Waals surface area (Å²) in [6, 6.07) is 2.54. The highest BCUT2D eigenvalue weighted by molar-refractivity contribution is 5.85. The van der Waals surface area contributed by atoms with E-state index < -0.39 is 17.4 Å². The van der Waals surface area contributed by atoms with Gasteiger partial charge in [-0.3, -0.25) is 4.90 Å². The van der Waals surface area contributed by atoms with E-state index in [1.165, 1.54) is 6.07 Å². The van der Waals surface area contributed by atoms with E-state index in [2.05, 4.69) is 10.2 Å². The molecular formula is C16H24Cl2F2N2O2. The topological polar surface area (TPSA) is 44.7 Å². The lowest BCUT2D eigenvalue weighted by molar-refractivity contribution is 0.0204. The second-order valence-electron chi connectivity index (χ2n) is 5.98. The van der Waals surface area contributed by atoms with Crippen molar-refractivity contribution in [3.05, 3.63) is 29.3 Å². The third kappa shape index (κ3) is 4.49. The first-order chi connectivity index (χ1) is 10.7. The van der Waals surface area contributed by atoms with Gasteiger partial charge in [0.2, 0.25) is 5.82 Å². The molecule has 1 aromatic rings. The van der Waals surface area contributed by atoms with Crippen LogP contribution in [0.25, 0.3) is 0 Å². The first-order valence-electron chi connectivity index (χ1n) is 7.88. The SMILES string of the molecule is Cl.Cl.Oc1c([C@@H](C2CCOCC2)N2CCNCC2)ccc(F)c1F. The molecule has 0 radical (unpaired) electrons. The smallest absolute Gasteiger partial charge is 0.200 e. The van der Waals surface area contributed by atoms with Crippen LogP contribution in [0.1, 0.15) is 24.4 Å². The molecule has 3 rings (SSSR count). The maximum atomic E-state index is 13.8. The maximum Gasteiger partial charge on any atom is 0.200 e. The minimum Gasteiger partial charge on any atom is -0.505 e. The van der Waals surface area contributed by atoms with Crippen LogP contribution in [0.4, 0.5) is 8.78 Å². The van der Waals surface area contributed by atoms with Gasteiger partial charge in [-0.2, -0.15) is 4.39 Å². The summed E-state index contributed by atoms with van der Waals surface area (Å²) in [5.41, 5.74) is 0.493. The van der Waals surface area contributed by atoms with Crippen molar-refractivity contribution in [2.75, 3.05) is 39.4 Å². The van der Waals surface area contributed by atoms with Gasteiger partial charge in [-0.15, -0.1) is 24.8 Å².